The molecule has 60 valence electrons. The minimum absolute atomic E-state index is 1.14. The summed E-state index contributed by atoms with van der Waals surface area (Å²) in [5.41, 5.74) is 5.62. The predicted molar refractivity (Wildman–Crippen MR) is 50.5 cm³/mol. The predicted octanol–water partition coefficient (Wildman–Crippen LogP) is 3.62. The second-order valence-electron chi connectivity index (χ2n) is 3.27. The third-order valence-corrected chi connectivity index (χ3v) is 2.27. The van der Waals surface area contributed by atoms with E-state index in [1.54, 1.807) is 5.57 Å². The summed E-state index contributed by atoms with van der Waals surface area (Å²) in [5.74, 6) is 0. The van der Waals surface area contributed by atoms with Crippen LogP contribution in [0.4, 0.5) is 0 Å². The molecule has 11 heavy (non-hydrogen) atoms. The second kappa shape index (κ2) is 3.08. The number of rotatable bonds is 2. The largest absolute Gasteiger partial charge is 0.0958 e. The fraction of sp³-hybridized carbons (Fsp3) is 0.455. The number of hydrogen-bond donors (Lipinski definition) is 0. The zero-order chi connectivity index (χ0) is 8.43. The molecule has 0 bridgehead atoms. The minimum Gasteiger partial charge on any atom is -0.0958 e. The molecule has 0 N–H and O–H groups in total. The van der Waals surface area contributed by atoms with Crippen molar-refractivity contribution >= 4 is 0 Å². The van der Waals surface area contributed by atoms with Gasteiger partial charge in [-0.2, -0.15) is 0 Å². The van der Waals surface area contributed by atoms with Gasteiger partial charge in [0.05, 0.1) is 0 Å². The van der Waals surface area contributed by atoms with Gasteiger partial charge in [0.2, 0.25) is 0 Å². The van der Waals surface area contributed by atoms with Gasteiger partial charge >= 0.3 is 0 Å². The highest BCUT2D eigenvalue weighted by molar-refractivity contribution is 5.46. The highest BCUT2D eigenvalue weighted by atomic mass is 14.2. The van der Waals surface area contributed by atoms with Crippen molar-refractivity contribution in [1.82, 2.24) is 0 Å². The van der Waals surface area contributed by atoms with E-state index in [0.29, 0.717) is 0 Å². The first-order valence-corrected chi connectivity index (χ1v) is 4.20. The van der Waals surface area contributed by atoms with Gasteiger partial charge in [0, 0.05) is 0 Å². The van der Waals surface area contributed by atoms with Crippen LogP contribution in [0.5, 0.6) is 0 Å². The fourth-order valence-corrected chi connectivity index (χ4v) is 1.53. The van der Waals surface area contributed by atoms with Crippen LogP contribution in [0.15, 0.2) is 34.9 Å². The maximum absolute atomic E-state index is 3.97. The molecule has 1 rings (SSSR count). The SMILES string of the molecule is C=C(C)C1=C(C)C=C(CC)C1. The fourth-order valence-electron chi connectivity index (χ4n) is 1.53. The van der Waals surface area contributed by atoms with Gasteiger partial charge in [0.25, 0.3) is 0 Å². The summed E-state index contributed by atoms with van der Waals surface area (Å²) < 4.78 is 0. The van der Waals surface area contributed by atoms with E-state index in [1.807, 2.05) is 0 Å². The van der Waals surface area contributed by atoms with Crippen molar-refractivity contribution in [2.45, 2.75) is 33.6 Å². The molecule has 0 heteroatoms. The molecule has 0 amide bonds. The third kappa shape index (κ3) is 1.62. The Morgan fingerprint density at radius 3 is 2.55 bits per heavy atom. The topological polar surface area (TPSA) is 0 Å². The normalized spacial score (nSPS) is 17.2. The molecule has 0 atom stereocenters. The van der Waals surface area contributed by atoms with Crippen molar-refractivity contribution in [3.05, 3.63) is 34.9 Å². The lowest BCUT2D eigenvalue weighted by molar-refractivity contribution is 1.02. The number of hydrogen-bond acceptors (Lipinski definition) is 0. The van der Waals surface area contributed by atoms with E-state index in [2.05, 4.69) is 33.4 Å². The van der Waals surface area contributed by atoms with Gasteiger partial charge in [-0.05, 0) is 37.8 Å². The van der Waals surface area contributed by atoms with Crippen molar-refractivity contribution in [2.24, 2.45) is 0 Å². The Bertz CT molecular complexity index is 239. The van der Waals surface area contributed by atoms with Gasteiger partial charge in [-0.15, -0.1) is 0 Å². The van der Waals surface area contributed by atoms with Gasteiger partial charge < -0.3 is 0 Å². The van der Waals surface area contributed by atoms with E-state index < -0.39 is 0 Å². The molecule has 0 radical (unpaired) electrons. The minimum atomic E-state index is 1.14. The van der Waals surface area contributed by atoms with E-state index in [4.69, 9.17) is 0 Å². The van der Waals surface area contributed by atoms with Crippen LogP contribution in [0, 0.1) is 0 Å². The lowest BCUT2D eigenvalue weighted by atomic mass is 10.0. The molecule has 0 saturated carbocycles. The molecular formula is C11H16. The van der Waals surface area contributed by atoms with Crippen LogP contribution >= 0.6 is 0 Å². The molecule has 0 unspecified atom stereocenters. The molecule has 0 aliphatic heterocycles. The first-order valence-electron chi connectivity index (χ1n) is 4.20. The summed E-state index contributed by atoms with van der Waals surface area (Å²) in [4.78, 5) is 0. The molecular weight excluding hydrogens is 132 g/mol. The monoisotopic (exact) mass is 148 g/mol. The van der Waals surface area contributed by atoms with E-state index in [9.17, 15) is 0 Å². The van der Waals surface area contributed by atoms with Gasteiger partial charge in [-0.1, -0.05) is 30.7 Å². The lowest BCUT2D eigenvalue weighted by Gasteiger charge is -2.02. The van der Waals surface area contributed by atoms with E-state index >= 15 is 0 Å². The highest BCUT2D eigenvalue weighted by Crippen LogP contribution is 2.30. The quantitative estimate of drug-likeness (QED) is 0.561. The van der Waals surface area contributed by atoms with E-state index in [0.717, 1.165) is 6.42 Å². The van der Waals surface area contributed by atoms with Crippen LogP contribution in [0.1, 0.15) is 33.6 Å². The Labute approximate surface area is 69.3 Å². The average molecular weight is 148 g/mol. The highest BCUT2D eigenvalue weighted by Gasteiger charge is 2.11. The molecule has 0 aromatic rings. The molecule has 0 aromatic carbocycles. The summed E-state index contributed by atoms with van der Waals surface area (Å²) in [6.45, 7) is 10.4. The Kier molecular flexibility index (Phi) is 2.33. The van der Waals surface area contributed by atoms with Crippen LogP contribution in [0.2, 0.25) is 0 Å². The zero-order valence-corrected chi connectivity index (χ0v) is 7.70. The molecule has 0 heterocycles. The van der Waals surface area contributed by atoms with E-state index in [-0.39, 0.29) is 0 Å². The standard InChI is InChI=1S/C11H16/c1-5-10-6-9(4)11(7-10)8(2)3/h6H,2,5,7H2,1,3-4H3. The molecule has 1 aliphatic rings. The van der Waals surface area contributed by atoms with Crippen LogP contribution in [-0.4, -0.2) is 0 Å². The zero-order valence-electron chi connectivity index (χ0n) is 7.70. The van der Waals surface area contributed by atoms with Crippen LogP contribution in [-0.2, 0) is 0 Å². The Morgan fingerprint density at radius 1 is 1.64 bits per heavy atom. The molecule has 1 aliphatic carbocycles. The maximum Gasteiger partial charge on any atom is -0.00590 e. The van der Waals surface area contributed by atoms with Crippen molar-refractivity contribution in [2.75, 3.05) is 0 Å². The van der Waals surface area contributed by atoms with Crippen LogP contribution in [0.3, 0.4) is 0 Å². The van der Waals surface area contributed by atoms with E-state index in [1.165, 1.54) is 23.1 Å². The summed E-state index contributed by atoms with van der Waals surface area (Å²) in [6.07, 6.45) is 4.61. The van der Waals surface area contributed by atoms with Gasteiger partial charge in [-0.3, -0.25) is 0 Å². The first-order chi connectivity index (χ1) is 5.15. The molecule has 0 saturated heterocycles. The number of allylic oxidation sites excluding steroid dienone is 5. The molecule has 0 spiro atoms. The van der Waals surface area contributed by atoms with Crippen LogP contribution < -0.4 is 0 Å². The summed E-state index contributed by atoms with van der Waals surface area (Å²) in [7, 11) is 0. The first kappa shape index (κ1) is 8.32. The Morgan fingerprint density at radius 2 is 2.27 bits per heavy atom. The van der Waals surface area contributed by atoms with Crippen molar-refractivity contribution in [3.8, 4) is 0 Å². The smallest absolute Gasteiger partial charge is 0.00590 e. The van der Waals surface area contributed by atoms with Crippen molar-refractivity contribution in [3.63, 3.8) is 0 Å². The Balaban J connectivity index is 2.78. The molecule has 0 aromatic heterocycles. The third-order valence-electron chi connectivity index (χ3n) is 2.27. The summed E-state index contributed by atoms with van der Waals surface area (Å²) in [6, 6.07) is 0. The van der Waals surface area contributed by atoms with Gasteiger partial charge in [0.15, 0.2) is 0 Å². The lowest BCUT2D eigenvalue weighted by Crippen LogP contribution is -1.83. The summed E-state index contributed by atoms with van der Waals surface area (Å²) >= 11 is 0. The second-order valence-corrected chi connectivity index (χ2v) is 3.27. The van der Waals surface area contributed by atoms with Crippen LogP contribution in [0.25, 0.3) is 0 Å². The molecule has 0 fully saturated rings. The average Bonchev–Trinajstić information content (AvgIpc) is 2.30. The molecule has 0 nitrogen and oxygen atoms in total. The Hall–Kier alpha value is -0.780. The maximum atomic E-state index is 3.97. The van der Waals surface area contributed by atoms with Gasteiger partial charge in [-0.25, -0.2) is 0 Å². The van der Waals surface area contributed by atoms with Crippen molar-refractivity contribution < 1.29 is 0 Å². The summed E-state index contributed by atoms with van der Waals surface area (Å²) in [5, 5.41) is 0. The van der Waals surface area contributed by atoms with Gasteiger partial charge in [0.1, 0.15) is 0 Å². The van der Waals surface area contributed by atoms with Crippen molar-refractivity contribution in [1.29, 1.82) is 0 Å².